The maximum Gasteiger partial charge on any atom is 0.410 e. The second-order valence-corrected chi connectivity index (χ2v) is 9.48. The molecule has 0 spiro atoms. The first-order valence-electron chi connectivity index (χ1n) is 11.0. The number of piperidine rings is 1. The Morgan fingerprint density at radius 1 is 1.13 bits per heavy atom. The van der Waals surface area contributed by atoms with E-state index in [1.54, 1.807) is 7.05 Å². The molecule has 172 valence electrons. The number of oxime groups is 1. The first-order valence-corrected chi connectivity index (χ1v) is 11.0. The van der Waals surface area contributed by atoms with Gasteiger partial charge in [-0.15, -0.1) is 0 Å². The summed E-state index contributed by atoms with van der Waals surface area (Å²) >= 11 is 0. The minimum atomic E-state index is -0.604. The van der Waals surface area contributed by atoms with E-state index in [2.05, 4.69) is 5.16 Å². The number of ether oxygens (including phenoxy) is 1. The Balaban J connectivity index is 1.93. The lowest BCUT2D eigenvalue weighted by molar-refractivity contribution is -0.137. The Hall–Kier alpha value is -2.57. The van der Waals surface area contributed by atoms with E-state index < -0.39 is 17.7 Å². The maximum atomic E-state index is 13.3. The number of carbonyl (C=O) groups is 2. The van der Waals surface area contributed by atoms with Gasteiger partial charge in [-0.3, -0.25) is 9.69 Å². The number of carbonyl (C=O) groups excluding carboxylic acids is 2. The molecule has 0 N–H and O–H groups in total. The van der Waals surface area contributed by atoms with Crippen molar-refractivity contribution in [3.8, 4) is 0 Å². The highest BCUT2D eigenvalue weighted by molar-refractivity contribution is 5.90. The Bertz CT molecular complexity index is 746. The molecule has 1 aliphatic rings. The summed E-state index contributed by atoms with van der Waals surface area (Å²) in [6.07, 6.45) is 1.46. The molecule has 31 heavy (non-hydrogen) atoms. The smallest absolute Gasteiger partial charge is 0.410 e. The van der Waals surface area contributed by atoms with Crippen molar-refractivity contribution >= 4 is 17.7 Å². The van der Waals surface area contributed by atoms with Crippen molar-refractivity contribution in [2.75, 3.05) is 20.1 Å². The highest BCUT2D eigenvalue weighted by Crippen LogP contribution is 2.19. The molecule has 0 aromatic heterocycles. The van der Waals surface area contributed by atoms with Gasteiger partial charge in [-0.05, 0) is 38.7 Å². The fraction of sp³-hybridized carbons (Fsp3) is 0.625. The van der Waals surface area contributed by atoms with Crippen molar-refractivity contribution in [3.05, 3.63) is 35.9 Å². The van der Waals surface area contributed by atoms with Crippen LogP contribution in [0.1, 0.15) is 59.4 Å². The number of amides is 2. The monoisotopic (exact) mass is 431 g/mol. The van der Waals surface area contributed by atoms with E-state index in [1.165, 1.54) is 4.90 Å². The van der Waals surface area contributed by atoms with Gasteiger partial charge in [-0.1, -0.05) is 49.3 Å². The number of likely N-dealkylation sites (tertiary alicyclic amines) is 1. The molecule has 0 bridgehead atoms. The number of benzene rings is 1. The number of rotatable bonds is 7. The average Bonchev–Trinajstić information content (AvgIpc) is 2.71. The third-order valence-corrected chi connectivity index (χ3v) is 5.05. The van der Waals surface area contributed by atoms with Gasteiger partial charge in [0.2, 0.25) is 5.91 Å². The molecular formula is C24H37N3O4. The van der Waals surface area contributed by atoms with E-state index >= 15 is 0 Å². The van der Waals surface area contributed by atoms with Gasteiger partial charge in [0, 0.05) is 33.0 Å². The van der Waals surface area contributed by atoms with Crippen LogP contribution in [-0.4, -0.2) is 59.3 Å². The first-order chi connectivity index (χ1) is 14.6. The molecule has 1 fully saturated rings. The summed E-state index contributed by atoms with van der Waals surface area (Å²) in [5.41, 5.74) is 1.43. The predicted molar refractivity (Wildman–Crippen MR) is 122 cm³/mol. The summed E-state index contributed by atoms with van der Waals surface area (Å²) in [4.78, 5) is 34.6. The van der Waals surface area contributed by atoms with Gasteiger partial charge in [-0.25, -0.2) is 4.79 Å². The van der Waals surface area contributed by atoms with Crippen molar-refractivity contribution in [2.24, 2.45) is 11.1 Å². The summed E-state index contributed by atoms with van der Waals surface area (Å²) < 4.78 is 5.48. The van der Waals surface area contributed by atoms with Gasteiger partial charge in [0.15, 0.2) is 0 Å². The van der Waals surface area contributed by atoms with Gasteiger partial charge in [-0.2, -0.15) is 0 Å². The zero-order valence-electron chi connectivity index (χ0n) is 19.8. The number of hydrogen-bond acceptors (Lipinski definition) is 5. The Morgan fingerprint density at radius 3 is 2.29 bits per heavy atom. The average molecular weight is 432 g/mol. The highest BCUT2D eigenvalue weighted by atomic mass is 16.6. The second kappa shape index (κ2) is 11.2. The van der Waals surface area contributed by atoms with Crippen molar-refractivity contribution < 1.29 is 19.2 Å². The van der Waals surface area contributed by atoms with Crippen LogP contribution in [0.15, 0.2) is 35.5 Å². The van der Waals surface area contributed by atoms with Gasteiger partial charge >= 0.3 is 6.09 Å². The SMILES string of the molecule is CC(C)CC(C(=O)N1CCC(=NOCc2ccccc2)CC1)N(C)C(=O)OC(C)(C)C. The molecule has 1 unspecified atom stereocenters. The van der Waals surface area contributed by atoms with Gasteiger partial charge < -0.3 is 14.5 Å². The Labute approximate surface area is 186 Å². The van der Waals surface area contributed by atoms with Gasteiger partial charge in [0.1, 0.15) is 18.2 Å². The molecule has 1 aromatic carbocycles. The van der Waals surface area contributed by atoms with Crippen LogP contribution < -0.4 is 0 Å². The number of nitrogens with zero attached hydrogens (tertiary/aromatic N) is 3. The fourth-order valence-corrected chi connectivity index (χ4v) is 3.39. The molecule has 0 aliphatic carbocycles. The number of hydrogen-bond donors (Lipinski definition) is 0. The van der Waals surface area contributed by atoms with Crippen LogP contribution in [0, 0.1) is 5.92 Å². The Morgan fingerprint density at radius 2 is 1.74 bits per heavy atom. The third-order valence-electron chi connectivity index (χ3n) is 5.05. The predicted octanol–water partition coefficient (Wildman–Crippen LogP) is 4.46. The molecule has 7 heteroatoms. The largest absolute Gasteiger partial charge is 0.444 e. The van der Waals surface area contributed by atoms with Crippen molar-refractivity contribution in [3.63, 3.8) is 0 Å². The van der Waals surface area contributed by atoms with Crippen LogP contribution in [-0.2, 0) is 21.0 Å². The molecule has 0 radical (unpaired) electrons. The summed E-state index contributed by atoms with van der Waals surface area (Å²) in [5.74, 6) is 0.235. The van der Waals surface area contributed by atoms with Crippen LogP contribution >= 0.6 is 0 Å². The summed E-state index contributed by atoms with van der Waals surface area (Å²) in [6, 6.07) is 9.36. The lowest BCUT2D eigenvalue weighted by atomic mass is 10.00. The van der Waals surface area contributed by atoms with Crippen LogP contribution in [0.4, 0.5) is 4.79 Å². The van der Waals surface area contributed by atoms with E-state index in [-0.39, 0.29) is 11.8 Å². The quantitative estimate of drug-likeness (QED) is 0.598. The lowest BCUT2D eigenvalue weighted by Gasteiger charge is -2.36. The van der Waals surface area contributed by atoms with E-state index in [0.717, 1.165) is 11.3 Å². The highest BCUT2D eigenvalue weighted by Gasteiger charge is 2.34. The summed E-state index contributed by atoms with van der Waals surface area (Å²) in [6.45, 7) is 11.1. The number of likely N-dealkylation sites (N-methyl/N-ethyl adjacent to an activating group) is 1. The fourth-order valence-electron chi connectivity index (χ4n) is 3.39. The summed E-state index contributed by atoms with van der Waals surface area (Å²) in [7, 11) is 1.65. The summed E-state index contributed by atoms with van der Waals surface area (Å²) in [5, 5.41) is 4.26. The topological polar surface area (TPSA) is 71.4 Å². The normalized spacial score (nSPS) is 15.5. The van der Waals surface area contributed by atoms with E-state index in [9.17, 15) is 9.59 Å². The molecule has 7 nitrogen and oxygen atoms in total. The molecule has 1 atom stereocenters. The molecule has 0 saturated carbocycles. The minimum absolute atomic E-state index is 0.0358. The first kappa shape index (κ1) is 24.7. The Kier molecular flexibility index (Phi) is 8.89. The van der Waals surface area contributed by atoms with Crippen LogP contribution in [0.2, 0.25) is 0 Å². The van der Waals surface area contributed by atoms with Crippen molar-refractivity contribution in [1.29, 1.82) is 0 Å². The van der Waals surface area contributed by atoms with E-state index in [1.807, 2.05) is 69.9 Å². The van der Waals surface area contributed by atoms with Gasteiger partial charge in [0.05, 0.1) is 5.71 Å². The molecule has 2 amide bonds. The molecule has 1 aliphatic heterocycles. The third kappa shape index (κ3) is 8.23. The van der Waals surface area contributed by atoms with Gasteiger partial charge in [0.25, 0.3) is 0 Å². The molecule has 1 heterocycles. The van der Waals surface area contributed by atoms with E-state index in [4.69, 9.17) is 9.57 Å². The lowest BCUT2D eigenvalue weighted by Crippen LogP contribution is -2.52. The zero-order chi connectivity index (χ0) is 23.0. The molecule has 1 saturated heterocycles. The second-order valence-electron chi connectivity index (χ2n) is 9.48. The van der Waals surface area contributed by atoms with Crippen molar-refractivity contribution in [2.45, 2.75) is 72.1 Å². The minimum Gasteiger partial charge on any atom is -0.444 e. The van der Waals surface area contributed by atoms with Crippen LogP contribution in [0.3, 0.4) is 0 Å². The zero-order valence-corrected chi connectivity index (χ0v) is 19.8. The van der Waals surface area contributed by atoms with Crippen LogP contribution in [0.25, 0.3) is 0 Å². The maximum absolute atomic E-state index is 13.3. The van der Waals surface area contributed by atoms with Crippen LogP contribution in [0.5, 0.6) is 0 Å². The molecular weight excluding hydrogens is 394 g/mol. The standard InChI is InChI=1S/C24H37N3O4/c1-18(2)16-21(26(6)23(29)31-24(3,4)5)22(28)27-14-12-20(13-15-27)25-30-17-19-10-8-7-9-11-19/h7-11,18,21H,12-17H2,1-6H3. The van der Waals surface area contributed by atoms with Crippen molar-refractivity contribution in [1.82, 2.24) is 9.80 Å². The molecule has 1 aromatic rings. The van der Waals surface area contributed by atoms with E-state index in [0.29, 0.717) is 39.0 Å². The molecule has 2 rings (SSSR count).